The summed E-state index contributed by atoms with van der Waals surface area (Å²) in [5.74, 6) is -2.80. The van der Waals surface area contributed by atoms with E-state index < -0.39 is 18.2 Å². The van der Waals surface area contributed by atoms with Crippen LogP contribution in [0.2, 0.25) is 0 Å². The van der Waals surface area contributed by atoms with Crippen LogP contribution in [0.3, 0.4) is 0 Å². The number of alkyl halides is 3. The number of nitrogens with two attached hydrogens (primary N) is 1. The Morgan fingerprint density at radius 3 is 1.85 bits per heavy atom. The summed E-state index contributed by atoms with van der Waals surface area (Å²) >= 11 is 0. The molecule has 146 valence electrons. The number of carbonyl (C=O) groups excluding carboxylic acids is 1. The van der Waals surface area contributed by atoms with E-state index in [0.717, 1.165) is 5.56 Å². The fourth-order valence-corrected chi connectivity index (χ4v) is 2.14. The van der Waals surface area contributed by atoms with Crippen molar-refractivity contribution in [3.8, 4) is 11.1 Å². The largest absolute Gasteiger partial charge is 0.490 e. The molecule has 0 radical (unpaired) electrons. The zero-order valence-electron chi connectivity index (χ0n) is 14.9. The molecule has 0 heterocycles. The minimum Gasteiger partial charge on any atom is -0.475 e. The van der Waals surface area contributed by atoms with Crippen molar-refractivity contribution in [1.82, 2.24) is 4.90 Å². The first kappa shape index (κ1) is 22.2. The summed E-state index contributed by atoms with van der Waals surface area (Å²) in [7, 11) is 3.45. The number of hydrogen-bond donors (Lipinski definition) is 2. The molecule has 0 spiro atoms. The highest BCUT2D eigenvalue weighted by Gasteiger charge is 2.38. The molecule has 0 aliphatic carbocycles. The number of carboxylic acid groups (broad SMARTS) is 1. The van der Waals surface area contributed by atoms with Crippen LogP contribution < -0.4 is 5.73 Å². The fraction of sp³-hybridized carbons (Fsp3) is 0.263. The van der Waals surface area contributed by atoms with Gasteiger partial charge in [0.1, 0.15) is 0 Å². The van der Waals surface area contributed by atoms with Gasteiger partial charge in [0.05, 0.1) is 6.04 Å². The Bertz CT molecular complexity index is 745. The normalized spacial score (nSPS) is 11.8. The molecule has 0 saturated heterocycles. The van der Waals surface area contributed by atoms with E-state index >= 15 is 0 Å². The van der Waals surface area contributed by atoms with Crippen LogP contribution >= 0.6 is 0 Å². The molecule has 0 bridgehead atoms. The van der Waals surface area contributed by atoms with Gasteiger partial charge in [0.25, 0.3) is 0 Å². The van der Waals surface area contributed by atoms with Gasteiger partial charge in [-0.15, -0.1) is 0 Å². The Kier molecular flexibility index (Phi) is 7.99. The Hall–Kier alpha value is -2.87. The van der Waals surface area contributed by atoms with Gasteiger partial charge in [-0.1, -0.05) is 54.6 Å². The number of carboxylic acids is 1. The number of benzene rings is 2. The molecule has 8 heteroatoms. The smallest absolute Gasteiger partial charge is 0.475 e. The number of amides is 1. The number of carbonyl (C=O) groups is 2. The van der Waals surface area contributed by atoms with Crippen LogP contribution in [0.1, 0.15) is 5.56 Å². The number of halogens is 3. The van der Waals surface area contributed by atoms with Gasteiger partial charge in [0, 0.05) is 14.1 Å². The molecule has 2 aromatic rings. The quantitative estimate of drug-likeness (QED) is 0.852. The third-order valence-corrected chi connectivity index (χ3v) is 3.52. The average molecular weight is 382 g/mol. The maximum atomic E-state index is 11.7. The molecule has 0 aliphatic heterocycles. The van der Waals surface area contributed by atoms with Crippen molar-refractivity contribution in [3.05, 3.63) is 60.2 Å². The lowest BCUT2D eigenvalue weighted by atomic mass is 10.0. The number of nitrogens with zero attached hydrogens (tertiary/aromatic N) is 1. The highest BCUT2D eigenvalue weighted by molar-refractivity contribution is 5.81. The van der Waals surface area contributed by atoms with Crippen molar-refractivity contribution < 1.29 is 27.9 Å². The van der Waals surface area contributed by atoms with Crippen molar-refractivity contribution in [2.75, 3.05) is 14.1 Å². The van der Waals surface area contributed by atoms with Crippen LogP contribution in [-0.2, 0) is 16.0 Å². The zero-order chi connectivity index (χ0) is 20.6. The SMILES string of the molecule is CN(C)C(=O)[C@@H](N)Cc1ccc(-c2ccccc2)cc1.O=C(O)C(F)(F)F. The van der Waals surface area contributed by atoms with Crippen LogP contribution in [0.15, 0.2) is 54.6 Å². The first-order chi connectivity index (χ1) is 12.5. The fourth-order valence-electron chi connectivity index (χ4n) is 2.14. The highest BCUT2D eigenvalue weighted by Crippen LogP contribution is 2.19. The molecule has 0 unspecified atom stereocenters. The first-order valence-electron chi connectivity index (χ1n) is 7.93. The van der Waals surface area contributed by atoms with Gasteiger partial charge < -0.3 is 15.7 Å². The van der Waals surface area contributed by atoms with Gasteiger partial charge in [-0.3, -0.25) is 4.79 Å². The molecule has 3 N–H and O–H groups in total. The standard InChI is InChI=1S/C17H20N2O.C2HF3O2/c1-19(2)17(20)16(18)12-13-8-10-15(11-9-13)14-6-4-3-5-7-14;3-2(4,5)1(6)7/h3-11,16H,12,18H2,1-2H3;(H,6,7)/t16-;/m0./s1. The second kappa shape index (κ2) is 9.72. The third kappa shape index (κ3) is 7.49. The van der Waals surface area contributed by atoms with Gasteiger partial charge >= 0.3 is 12.1 Å². The number of aliphatic carboxylic acids is 1. The van der Waals surface area contributed by atoms with E-state index in [1.165, 1.54) is 16.0 Å². The van der Waals surface area contributed by atoms with Crippen molar-refractivity contribution in [2.45, 2.75) is 18.6 Å². The zero-order valence-corrected chi connectivity index (χ0v) is 14.9. The van der Waals surface area contributed by atoms with Crippen LogP contribution in [0.5, 0.6) is 0 Å². The molecule has 0 saturated carbocycles. The molecule has 5 nitrogen and oxygen atoms in total. The van der Waals surface area contributed by atoms with E-state index in [4.69, 9.17) is 15.6 Å². The topological polar surface area (TPSA) is 83.6 Å². The number of likely N-dealkylation sites (N-methyl/N-ethyl adjacent to an activating group) is 1. The van der Waals surface area contributed by atoms with E-state index in [2.05, 4.69) is 24.3 Å². The van der Waals surface area contributed by atoms with E-state index in [1.807, 2.05) is 30.3 Å². The van der Waals surface area contributed by atoms with Gasteiger partial charge in [-0.2, -0.15) is 13.2 Å². The summed E-state index contributed by atoms with van der Waals surface area (Å²) < 4.78 is 31.7. The summed E-state index contributed by atoms with van der Waals surface area (Å²) in [4.78, 5) is 22.2. The van der Waals surface area contributed by atoms with Crippen LogP contribution in [0.25, 0.3) is 11.1 Å². The van der Waals surface area contributed by atoms with Crippen LogP contribution in [0.4, 0.5) is 13.2 Å². The maximum Gasteiger partial charge on any atom is 0.490 e. The lowest BCUT2D eigenvalue weighted by Gasteiger charge is -2.16. The van der Waals surface area contributed by atoms with Crippen molar-refractivity contribution >= 4 is 11.9 Å². The Morgan fingerprint density at radius 2 is 1.44 bits per heavy atom. The predicted octanol–water partition coefficient (Wildman–Crippen LogP) is 2.94. The van der Waals surface area contributed by atoms with E-state index in [-0.39, 0.29) is 5.91 Å². The summed E-state index contributed by atoms with van der Waals surface area (Å²) in [5.41, 5.74) is 9.34. The van der Waals surface area contributed by atoms with E-state index in [1.54, 1.807) is 14.1 Å². The number of rotatable bonds is 4. The molecule has 0 fully saturated rings. The molecule has 1 atom stereocenters. The summed E-state index contributed by atoms with van der Waals surface area (Å²) in [6.45, 7) is 0. The lowest BCUT2D eigenvalue weighted by molar-refractivity contribution is -0.192. The third-order valence-electron chi connectivity index (χ3n) is 3.52. The maximum absolute atomic E-state index is 11.7. The summed E-state index contributed by atoms with van der Waals surface area (Å²) in [5, 5.41) is 7.12. The van der Waals surface area contributed by atoms with Gasteiger partial charge in [0.15, 0.2) is 0 Å². The molecule has 0 aliphatic rings. The van der Waals surface area contributed by atoms with Crippen molar-refractivity contribution in [3.63, 3.8) is 0 Å². The highest BCUT2D eigenvalue weighted by atomic mass is 19.4. The lowest BCUT2D eigenvalue weighted by Crippen LogP contribution is -2.41. The monoisotopic (exact) mass is 382 g/mol. The van der Waals surface area contributed by atoms with Crippen molar-refractivity contribution in [2.24, 2.45) is 5.73 Å². The van der Waals surface area contributed by atoms with E-state index in [9.17, 15) is 18.0 Å². The number of hydrogen-bond acceptors (Lipinski definition) is 3. The van der Waals surface area contributed by atoms with E-state index in [0.29, 0.717) is 6.42 Å². The molecule has 1 amide bonds. The second-order valence-corrected chi connectivity index (χ2v) is 5.91. The Morgan fingerprint density at radius 1 is 1.00 bits per heavy atom. The first-order valence-corrected chi connectivity index (χ1v) is 7.93. The Labute approximate surface area is 155 Å². The summed E-state index contributed by atoms with van der Waals surface area (Å²) in [6.07, 6.45) is -4.52. The van der Waals surface area contributed by atoms with Gasteiger partial charge in [0.2, 0.25) is 5.91 Å². The van der Waals surface area contributed by atoms with Crippen LogP contribution in [0, 0.1) is 0 Å². The Balaban J connectivity index is 0.000000445. The molecule has 2 aromatic carbocycles. The molecular formula is C19H21F3N2O3. The molecule has 0 aromatic heterocycles. The minimum absolute atomic E-state index is 0.0443. The molecule has 27 heavy (non-hydrogen) atoms. The average Bonchev–Trinajstić information content (AvgIpc) is 2.62. The molecule has 2 rings (SSSR count). The summed E-state index contributed by atoms with van der Waals surface area (Å²) in [6, 6.07) is 17.9. The minimum atomic E-state index is -5.08. The predicted molar refractivity (Wildman–Crippen MR) is 95.9 cm³/mol. The van der Waals surface area contributed by atoms with Crippen molar-refractivity contribution in [1.29, 1.82) is 0 Å². The second-order valence-electron chi connectivity index (χ2n) is 5.91. The van der Waals surface area contributed by atoms with Crippen LogP contribution in [-0.4, -0.2) is 48.2 Å². The van der Waals surface area contributed by atoms with Gasteiger partial charge in [-0.05, 0) is 23.1 Å². The van der Waals surface area contributed by atoms with Gasteiger partial charge in [-0.25, -0.2) is 4.79 Å². The molecular weight excluding hydrogens is 361 g/mol.